The molecule has 106 valence electrons. The van der Waals surface area contributed by atoms with E-state index in [2.05, 4.69) is 9.88 Å². The number of rotatable bonds is 3. The summed E-state index contributed by atoms with van der Waals surface area (Å²) in [6.07, 6.45) is 3.51. The molecule has 1 aliphatic heterocycles. The van der Waals surface area contributed by atoms with Crippen LogP contribution in [0, 0.1) is 0 Å². The second-order valence-electron chi connectivity index (χ2n) is 4.53. The largest absolute Gasteiger partial charge is 0.369 e. The van der Waals surface area contributed by atoms with Crippen LogP contribution >= 0.6 is 11.3 Å². The number of hydrogen-bond donors (Lipinski definition) is 0. The Hall–Kier alpha value is -1.44. The normalized spacial score (nSPS) is 17.3. The first-order valence-electron chi connectivity index (χ1n) is 6.36. The van der Waals surface area contributed by atoms with E-state index in [1.165, 1.54) is 11.3 Å². The predicted octanol–water partition coefficient (Wildman–Crippen LogP) is 1.65. The molecule has 2 aromatic heterocycles. The van der Waals surface area contributed by atoms with Crippen LogP contribution in [0.4, 0.5) is 5.69 Å². The molecule has 0 amide bonds. The number of thiophene rings is 1. The number of anilines is 1. The van der Waals surface area contributed by atoms with Crippen LogP contribution in [-0.2, 0) is 10.0 Å². The van der Waals surface area contributed by atoms with Crippen molar-refractivity contribution in [3.63, 3.8) is 0 Å². The number of sulfonamides is 1. The Morgan fingerprint density at radius 1 is 1.05 bits per heavy atom. The standard InChI is InChI=1S/C13H15N3O2S2/c17-20(18,13-2-1-11-19-13)16-9-7-15(8-10-16)12-3-5-14-6-4-12/h1-6,11H,7-10H2. The van der Waals surface area contributed by atoms with Gasteiger partial charge >= 0.3 is 0 Å². The Labute approximate surface area is 122 Å². The average molecular weight is 309 g/mol. The average Bonchev–Trinajstić information content (AvgIpc) is 3.03. The molecule has 20 heavy (non-hydrogen) atoms. The van der Waals surface area contributed by atoms with Gasteiger partial charge < -0.3 is 4.90 Å². The van der Waals surface area contributed by atoms with Crippen LogP contribution in [0.15, 0.2) is 46.2 Å². The third-order valence-corrected chi connectivity index (χ3v) is 6.63. The molecule has 3 rings (SSSR count). The molecule has 0 radical (unpaired) electrons. The van der Waals surface area contributed by atoms with Crippen molar-refractivity contribution >= 4 is 27.0 Å². The second kappa shape index (κ2) is 5.51. The lowest BCUT2D eigenvalue weighted by Crippen LogP contribution is -2.48. The van der Waals surface area contributed by atoms with E-state index in [9.17, 15) is 8.42 Å². The monoisotopic (exact) mass is 309 g/mol. The van der Waals surface area contributed by atoms with Crippen LogP contribution < -0.4 is 4.90 Å². The Morgan fingerprint density at radius 2 is 1.75 bits per heavy atom. The summed E-state index contributed by atoms with van der Waals surface area (Å²) >= 11 is 1.27. The summed E-state index contributed by atoms with van der Waals surface area (Å²) in [5, 5.41) is 1.79. The summed E-state index contributed by atoms with van der Waals surface area (Å²) in [5.41, 5.74) is 1.09. The van der Waals surface area contributed by atoms with Crippen molar-refractivity contribution in [2.24, 2.45) is 0 Å². The van der Waals surface area contributed by atoms with Crippen molar-refractivity contribution < 1.29 is 8.42 Å². The molecular formula is C13H15N3O2S2. The van der Waals surface area contributed by atoms with Crippen LogP contribution in [0.25, 0.3) is 0 Å². The van der Waals surface area contributed by atoms with Gasteiger partial charge in [-0.2, -0.15) is 4.31 Å². The molecule has 0 saturated carbocycles. The summed E-state index contributed by atoms with van der Waals surface area (Å²) in [7, 11) is -3.31. The Kier molecular flexibility index (Phi) is 3.73. The number of piperazine rings is 1. The van der Waals surface area contributed by atoms with Crippen molar-refractivity contribution in [1.29, 1.82) is 0 Å². The Morgan fingerprint density at radius 3 is 2.35 bits per heavy atom. The molecule has 1 saturated heterocycles. The zero-order valence-electron chi connectivity index (χ0n) is 10.8. The van der Waals surface area contributed by atoms with E-state index in [-0.39, 0.29) is 0 Å². The molecule has 1 fully saturated rings. The van der Waals surface area contributed by atoms with Gasteiger partial charge in [-0.15, -0.1) is 11.3 Å². The van der Waals surface area contributed by atoms with Gasteiger partial charge in [0.2, 0.25) is 0 Å². The minimum absolute atomic E-state index is 0.426. The molecule has 1 aliphatic rings. The van der Waals surface area contributed by atoms with Gasteiger partial charge in [-0.3, -0.25) is 4.98 Å². The zero-order chi connectivity index (χ0) is 14.0. The lowest BCUT2D eigenvalue weighted by atomic mass is 10.3. The predicted molar refractivity (Wildman–Crippen MR) is 79.5 cm³/mol. The van der Waals surface area contributed by atoms with Crippen LogP contribution in [0.5, 0.6) is 0 Å². The van der Waals surface area contributed by atoms with Crippen LogP contribution in [0.3, 0.4) is 0 Å². The highest BCUT2D eigenvalue weighted by atomic mass is 32.2. The fourth-order valence-electron chi connectivity index (χ4n) is 2.28. The van der Waals surface area contributed by atoms with E-state index >= 15 is 0 Å². The number of nitrogens with zero attached hydrogens (tertiary/aromatic N) is 3. The third kappa shape index (κ3) is 2.56. The third-order valence-electron chi connectivity index (χ3n) is 3.36. The Balaban J connectivity index is 1.70. The lowest BCUT2D eigenvalue weighted by Gasteiger charge is -2.35. The lowest BCUT2D eigenvalue weighted by molar-refractivity contribution is 0.386. The van der Waals surface area contributed by atoms with Gasteiger partial charge in [-0.1, -0.05) is 6.07 Å². The van der Waals surface area contributed by atoms with E-state index < -0.39 is 10.0 Å². The van der Waals surface area contributed by atoms with Gasteiger partial charge in [0, 0.05) is 44.3 Å². The minimum Gasteiger partial charge on any atom is -0.369 e. The molecule has 0 bridgehead atoms. The molecule has 0 unspecified atom stereocenters. The maximum Gasteiger partial charge on any atom is 0.252 e. The summed E-state index contributed by atoms with van der Waals surface area (Å²) in [6, 6.07) is 7.33. The van der Waals surface area contributed by atoms with Gasteiger partial charge in [0.15, 0.2) is 0 Å². The van der Waals surface area contributed by atoms with E-state index in [1.807, 2.05) is 12.1 Å². The van der Waals surface area contributed by atoms with Crippen LogP contribution in [0.2, 0.25) is 0 Å². The fourth-order valence-corrected chi connectivity index (χ4v) is 4.85. The van der Waals surface area contributed by atoms with Gasteiger partial charge in [0.05, 0.1) is 0 Å². The summed E-state index contributed by atoms with van der Waals surface area (Å²) in [5.74, 6) is 0. The minimum atomic E-state index is -3.31. The first-order valence-corrected chi connectivity index (χ1v) is 8.68. The van der Waals surface area contributed by atoms with Crippen molar-refractivity contribution in [3.05, 3.63) is 42.0 Å². The highest BCUT2D eigenvalue weighted by Crippen LogP contribution is 2.23. The zero-order valence-corrected chi connectivity index (χ0v) is 12.5. The molecule has 0 N–H and O–H groups in total. The first kappa shape index (κ1) is 13.5. The van der Waals surface area contributed by atoms with Crippen molar-refractivity contribution in [3.8, 4) is 0 Å². The van der Waals surface area contributed by atoms with Crippen molar-refractivity contribution in [2.75, 3.05) is 31.1 Å². The van der Waals surface area contributed by atoms with Crippen molar-refractivity contribution in [1.82, 2.24) is 9.29 Å². The SMILES string of the molecule is O=S(=O)(c1cccs1)N1CCN(c2ccncc2)CC1. The van der Waals surface area contributed by atoms with Crippen LogP contribution in [-0.4, -0.2) is 43.9 Å². The number of hydrogen-bond acceptors (Lipinski definition) is 5. The topological polar surface area (TPSA) is 53.5 Å². The molecule has 0 atom stereocenters. The highest BCUT2D eigenvalue weighted by molar-refractivity contribution is 7.91. The van der Waals surface area contributed by atoms with Crippen molar-refractivity contribution in [2.45, 2.75) is 4.21 Å². The fraction of sp³-hybridized carbons (Fsp3) is 0.308. The molecule has 0 aliphatic carbocycles. The molecule has 3 heterocycles. The maximum atomic E-state index is 12.4. The first-order chi connectivity index (χ1) is 9.68. The van der Waals surface area contributed by atoms with Gasteiger partial charge in [0.1, 0.15) is 4.21 Å². The van der Waals surface area contributed by atoms with E-state index in [0.717, 1.165) is 5.69 Å². The van der Waals surface area contributed by atoms with E-state index in [4.69, 9.17) is 0 Å². The number of aromatic nitrogens is 1. The molecule has 0 spiro atoms. The molecule has 0 aromatic carbocycles. The Bertz CT molecular complexity index is 648. The number of pyridine rings is 1. The second-order valence-corrected chi connectivity index (χ2v) is 7.64. The molecule has 2 aromatic rings. The van der Waals surface area contributed by atoms with Gasteiger partial charge in [0.25, 0.3) is 10.0 Å². The molecular weight excluding hydrogens is 294 g/mol. The van der Waals surface area contributed by atoms with Gasteiger partial charge in [-0.25, -0.2) is 8.42 Å². The summed E-state index contributed by atoms with van der Waals surface area (Å²) in [4.78, 5) is 6.18. The summed E-state index contributed by atoms with van der Waals surface area (Å²) in [6.45, 7) is 2.44. The smallest absolute Gasteiger partial charge is 0.252 e. The van der Waals surface area contributed by atoms with Gasteiger partial charge in [-0.05, 0) is 23.6 Å². The molecule has 7 heteroatoms. The quantitative estimate of drug-likeness (QED) is 0.865. The van der Waals surface area contributed by atoms with Crippen LogP contribution in [0.1, 0.15) is 0 Å². The van der Waals surface area contributed by atoms with E-state index in [1.54, 1.807) is 34.2 Å². The maximum absolute atomic E-state index is 12.4. The molecule has 5 nitrogen and oxygen atoms in total. The summed E-state index contributed by atoms with van der Waals surface area (Å²) < 4.78 is 26.8. The van der Waals surface area contributed by atoms with E-state index in [0.29, 0.717) is 30.4 Å². The highest BCUT2D eigenvalue weighted by Gasteiger charge is 2.29.